The molecule has 0 fully saturated rings. The summed E-state index contributed by atoms with van der Waals surface area (Å²) in [5.41, 5.74) is 5.97. The zero-order valence-electron chi connectivity index (χ0n) is 8.32. The van der Waals surface area contributed by atoms with Gasteiger partial charge in [-0.15, -0.1) is 11.8 Å². The molecule has 0 aliphatic carbocycles. The summed E-state index contributed by atoms with van der Waals surface area (Å²) in [6, 6.07) is 6.97. The molecule has 0 heterocycles. The van der Waals surface area contributed by atoms with Crippen molar-refractivity contribution in [1.29, 1.82) is 0 Å². The van der Waals surface area contributed by atoms with E-state index in [9.17, 15) is 9.59 Å². The van der Waals surface area contributed by atoms with Crippen molar-refractivity contribution in [2.75, 3.05) is 5.75 Å². The Morgan fingerprint density at radius 3 is 2.47 bits per heavy atom. The van der Waals surface area contributed by atoms with Gasteiger partial charge in [0.2, 0.25) is 5.91 Å². The fourth-order valence-corrected chi connectivity index (χ4v) is 1.66. The number of imide groups is 1. The highest BCUT2D eigenvalue weighted by atomic mass is 32.2. The molecule has 0 spiro atoms. The predicted molar refractivity (Wildman–Crippen MR) is 59.6 cm³/mol. The maximum atomic E-state index is 11.1. The van der Waals surface area contributed by atoms with Crippen LogP contribution < -0.4 is 11.1 Å². The third-order valence-corrected chi connectivity index (χ3v) is 2.67. The van der Waals surface area contributed by atoms with E-state index in [0.717, 1.165) is 4.90 Å². The van der Waals surface area contributed by atoms with Crippen molar-refractivity contribution in [3.63, 3.8) is 0 Å². The zero-order valence-corrected chi connectivity index (χ0v) is 9.14. The van der Waals surface area contributed by atoms with Crippen LogP contribution in [-0.2, 0) is 4.79 Å². The molecular weight excluding hydrogens is 212 g/mol. The molecule has 0 bridgehead atoms. The molecule has 1 rings (SSSR count). The van der Waals surface area contributed by atoms with Gasteiger partial charge >= 0.3 is 6.03 Å². The molecule has 0 saturated carbocycles. The van der Waals surface area contributed by atoms with Crippen molar-refractivity contribution < 1.29 is 9.59 Å². The number of amides is 3. The lowest BCUT2D eigenvalue weighted by atomic mass is 10.2. The average Bonchev–Trinajstić information content (AvgIpc) is 2.16. The molecule has 3 amide bonds. The summed E-state index contributed by atoms with van der Waals surface area (Å²) in [6.45, 7) is 1.99. The van der Waals surface area contributed by atoms with Gasteiger partial charge in [0.05, 0.1) is 5.75 Å². The van der Waals surface area contributed by atoms with Crippen LogP contribution in [0.15, 0.2) is 29.2 Å². The number of nitrogens with one attached hydrogen (secondary N) is 1. The summed E-state index contributed by atoms with van der Waals surface area (Å²) >= 11 is 1.36. The van der Waals surface area contributed by atoms with Gasteiger partial charge in [-0.1, -0.05) is 17.7 Å². The van der Waals surface area contributed by atoms with E-state index < -0.39 is 6.03 Å². The first-order valence-corrected chi connectivity index (χ1v) is 5.35. The minimum atomic E-state index is -0.815. The first-order valence-electron chi connectivity index (χ1n) is 4.36. The molecule has 4 nitrogen and oxygen atoms in total. The summed E-state index contributed by atoms with van der Waals surface area (Å²) in [6.07, 6.45) is 0. The largest absolute Gasteiger partial charge is 0.351 e. The van der Waals surface area contributed by atoms with Crippen molar-refractivity contribution in [3.05, 3.63) is 29.8 Å². The third-order valence-electron chi connectivity index (χ3n) is 1.65. The summed E-state index contributed by atoms with van der Waals surface area (Å²) in [4.78, 5) is 22.4. The van der Waals surface area contributed by atoms with Gasteiger partial charge in [0, 0.05) is 4.90 Å². The number of carbonyl (C=O) groups excluding carboxylic acids is 2. The van der Waals surface area contributed by atoms with Crippen molar-refractivity contribution >= 4 is 23.7 Å². The molecule has 1 aromatic rings. The number of benzene rings is 1. The van der Waals surface area contributed by atoms with E-state index in [4.69, 9.17) is 5.73 Å². The fourth-order valence-electron chi connectivity index (χ4n) is 0.957. The average molecular weight is 224 g/mol. The molecule has 1 aromatic carbocycles. The predicted octanol–water partition coefficient (Wildman–Crippen LogP) is 1.28. The van der Waals surface area contributed by atoms with Crippen molar-refractivity contribution in [3.8, 4) is 0 Å². The number of aryl methyl sites for hydroxylation is 1. The number of hydrogen-bond donors (Lipinski definition) is 2. The molecule has 0 aliphatic heterocycles. The van der Waals surface area contributed by atoms with E-state index in [1.165, 1.54) is 17.3 Å². The molecule has 15 heavy (non-hydrogen) atoms. The van der Waals surface area contributed by atoms with Crippen LogP contribution in [0.1, 0.15) is 5.56 Å². The van der Waals surface area contributed by atoms with Crippen molar-refractivity contribution in [1.82, 2.24) is 5.32 Å². The van der Waals surface area contributed by atoms with Crippen LogP contribution in [0.5, 0.6) is 0 Å². The molecule has 0 unspecified atom stereocenters. The number of nitrogens with two attached hydrogens (primary N) is 1. The normalized spacial score (nSPS) is 9.67. The van der Waals surface area contributed by atoms with Gasteiger partial charge in [0.25, 0.3) is 0 Å². The van der Waals surface area contributed by atoms with Crippen molar-refractivity contribution in [2.45, 2.75) is 11.8 Å². The van der Waals surface area contributed by atoms with E-state index in [-0.39, 0.29) is 11.7 Å². The van der Waals surface area contributed by atoms with Gasteiger partial charge in [-0.05, 0) is 19.1 Å². The first-order chi connectivity index (χ1) is 7.08. The first kappa shape index (κ1) is 11.6. The van der Waals surface area contributed by atoms with Gasteiger partial charge in [0.1, 0.15) is 0 Å². The molecule has 0 aliphatic rings. The van der Waals surface area contributed by atoms with Crippen LogP contribution in [0.25, 0.3) is 0 Å². The fraction of sp³-hybridized carbons (Fsp3) is 0.200. The van der Waals surface area contributed by atoms with E-state index in [1.54, 1.807) is 0 Å². The number of rotatable bonds is 3. The molecule has 3 N–H and O–H groups in total. The molecular formula is C10H12N2O2S. The Bertz CT molecular complexity index is 362. The number of primary amides is 1. The molecule has 0 aromatic heterocycles. The van der Waals surface area contributed by atoms with Gasteiger partial charge in [-0.2, -0.15) is 0 Å². The second kappa shape index (κ2) is 5.41. The SMILES string of the molecule is Cc1ccc(SCC(=O)NC(N)=O)cc1. The Morgan fingerprint density at radius 2 is 1.93 bits per heavy atom. The van der Waals surface area contributed by atoms with Gasteiger partial charge in [-0.25, -0.2) is 4.79 Å². The standard InChI is InChI=1S/C10H12N2O2S/c1-7-2-4-8(5-3-7)15-6-9(13)12-10(11)14/h2-5H,6H2,1H3,(H3,11,12,13,14). The Balaban J connectivity index is 2.40. The molecule has 0 radical (unpaired) electrons. The Labute approximate surface area is 92.2 Å². The third kappa shape index (κ3) is 4.51. The lowest BCUT2D eigenvalue weighted by Gasteiger charge is -2.01. The van der Waals surface area contributed by atoms with E-state index >= 15 is 0 Å². The molecule has 80 valence electrons. The number of hydrogen-bond acceptors (Lipinski definition) is 3. The van der Waals surface area contributed by atoms with Gasteiger partial charge in [0.15, 0.2) is 0 Å². The number of urea groups is 1. The minimum Gasteiger partial charge on any atom is -0.351 e. The second-order valence-corrected chi connectivity index (χ2v) is 4.06. The Hall–Kier alpha value is -1.49. The van der Waals surface area contributed by atoms with Crippen LogP contribution >= 0.6 is 11.8 Å². The highest BCUT2D eigenvalue weighted by molar-refractivity contribution is 8.00. The van der Waals surface area contributed by atoms with Gasteiger partial charge in [-0.3, -0.25) is 10.1 Å². The Kier molecular flexibility index (Phi) is 4.17. The zero-order chi connectivity index (χ0) is 11.3. The van der Waals surface area contributed by atoms with E-state index in [1.807, 2.05) is 36.5 Å². The highest BCUT2D eigenvalue weighted by Gasteiger charge is 2.04. The van der Waals surface area contributed by atoms with Crippen LogP contribution in [0.2, 0.25) is 0 Å². The van der Waals surface area contributed by atoms with Crippen LogP contribution in [0.4, 0.5) is 4.79 Å². The lowest BCUT2D eigenvalue weighted by molar-refractivity contribution is -0.117. The van der Waals surface area contributed by atoms with E-state index in [0.29, 0.717) is 0 Å². The quantitative estimate of drug-likeness (QED) is 0.760. The monoisotopic (exact) mass is 224 g/mol. The van der Waals surface area contributed by atoms with Crippen molar-refractivity contribution in [2.24, 2.45) is 5.73 Å². The van der Waals surface area contributed by atoms with Gasteiger partial charge < -0.3 is 5.73 Å². The van der Waals surface area contributed by atoms with E-state index in [2.05, 4.69) is 0 Å². The Morgan fingerprint density at radius 1 is 1.33 bits per heavy atom. The summed E-state index contributed by atoms with van der Waals surface area (Å²) < 4.78 is 0. The lowest BCUT2D eigenvalue weighted by Crippen LogP contribution is -2.36. The summed E-state index contributed by atoms with van der Waals surface area (Å²) in [7, 11) is 0. The second-order valence-electron chi connectivity index (χ2n) is 3.01. The maximum absolute atomic E-state index is 11.1. The molecule has 0 saturated heterocycles. The summed E-state index contributed by atoms with van der Waals surface area (Å²) in [5.74, 6) is -0.195. The smallest absolute Gasteiger partial charge is 0.318 e. The number of carbonyl (C=O) groups is 2. The molecule has 5 heteroatoms. The maximum Gasteiger partial charge on any atom is 0.318 e. The number of thioether (sulfide) groups is 1. The topological polar surface area (TPSA) is 72.2 Å². The molecule has 0 atom stereocenters. The van der Waals surface area contributed by atoms with Crippen LogP contribution in [-0.4, -0.2) is 17.7 Å². The van der Waals surface area contributed by atoms with Crippen LogP contribution in [0.3, 0.4) is 0 Å². The van der Waals surface area contributed by atoms with Crippen LogP contribution in [0, 0.1) is 6.92 Å². The summed E-state index contributed by atoms with van der Waals surface area (Å²) in [5, 5.41) is 2.00. The highest BCUT2D eigenvalue weighted by Crippen LogP contribution is 2.17. The minimum absolute atomic E-state index is 0.187.